The highest BCUT2D eigenvalue weighted by molar-refractivity contribution is 7.51. The topological polar surface area (TPSA) is 167 Å². The molecule has 11 heteroatoms. The average molecular weight is 385 g/mol. The molecule has 0 bridgehead atoms. The van der Waals surface area contributed by atoms with Crippen molar-refractivity contribution < 1.29 is 38.6 Å². The van der Waals surface area contributed by atoms with Crippen LogP contribution in [0.2, 0.25) is 0 Å². The molecule has 0 saturated carbocycles. The van der Waals surface area contributed by atoms with Crippen molar-refractivity contribution in [2.75, 3.05) is 6.54 Å². The first-order chi connectivity index (χ1) is 10.8. The van der Waals surface area contributed by atoms with Gasteiger partial charge in [0.15, 0.2) is 0 Å². The number of carboxylic acid groups (broad SMARTS) is 1. The number of hydrogen-bond donors (Lipinski definition) is 1. The minimum absolute atomic E-state index is 0.255. The fourth-order valence-corrected chi connectivity index (χ4v) is 6.15. The second kappa shape index (κ2) is 8.41. The van der Waals surface area contributed by atoms with Gasteiger partial charge in [0.25, 0.3) is 0 Å². The summed E-state index contributed by atoms with van der Waals surface area (Å²) in [5.74, 6) is -1.29. The summed E-state index contributed by atoms with van der Waals surface area (Å²) in [6.07, 6.45) is -1.61. The maximum atomic E-state index is 12.0. The van der Waals surface area contributed by atoms with Gasteiger partial charge in [-0.3, -0.25) is 9.69 Å². The molecule has 0 rings (SSSR count). The van der Waals surface area contributed by atoms with E-state index in [-0.39, 0.29) is 25.7 Å². The van der Waals surface area contributed by atoms with Crippen LogP contribution < -0.4 is 19.6 Å². The summed E-state index contributed by atoms with van der Waals surface area (Å²) < 4.78 is 24.0. The lowest BCUT2D eigenvalue weighted by molar-refractivity contribution is -0.336. The number of hydrogen-bond acceptors (Lipinski definition) is 8. The summed E-state index contributed by atoms with van der Waals surface area (Å²) in [6.45, 7) is 5.07. The van der Waals surface area contributed by atoms with Gasteiger partial charge >= 0.3 is 5.97 Å². The molecule has 0 heterocycles. The van der Waals surface area contributed by atoms with Gasteiger partial charge < -0.3 is 33.8 Å². The van der Waals surface area contributed by atoms with Crippen LogP contribution in [-0.2, 0) is 13.9 Å². The zero-order valence-corrected chi connectivity index (χ0v) is 16.2. The number of carboxylic acids is 1. The number of aliphatic carboxylic acids is 1. The van der Waals surface area contributed by atoms with Crippen LogP contribution in [0.3, 0.4) is 0 Å². The maximum Gasteiger partial charge on any atom is 0.304 e. The minimum Gasteiger partial charge on any atom is -0.809 e. The Kier molecular flexibility index (Phi) is 8.31. The van der Waals surface area contributed by atoms with E-state index in [4.69, 9.17) is 5.11 Å². The molecule has 0 aliphatic carbocycles. The number of nitrogens with zero attached hydrogens (tertiary/aromatic N) is 1. The second-order valence-corrected chi connectivity index (χ2v) is 9.32. The van der Waals surface area contributed by atoms with Gasteiger partial charge in [-0.1, -0.05) is 27.7 Å². The molecule has 1 N–H and O–H groups in total. The van der Waals surface area contributed by atoms with Gasteiger partial charge in [0.1, 0.15) is 0 Å². The highest BCUT2D eigenvalue weighted by Gasteiger charge is 2.48. The summed E-state index contributed by atoms with van der Waals surface area (Å²) in [5.41, 5.74) is 0. The van der Waals surface area contributed by atoms with Crippen LogP contribution in [0.25, 0.3) is 0 Å². The lowest BCUT2D eigenvalue weighted by Gasteiger charge is -2.65. The molecule has 0 saturated heterocycles. The Morgan fingerprint density at radius 3 is 1.33 bits per heavy atom. The third kappa shape index (κ3) is 4.28. The number of rotatable bonds is 11. The van der Waals surface area contributed by atoms with E-state index in [9.17, 15) is 33.5 Å². The molecule has 0 aromatic carbocycles. The zero-order chi connectivity index (χ0) is 19.4. The molecule has 24 heavy (non-hydrogen) atoms. The van der Waals surface area contributed by atoms with Gasteiger partial charge in [-0.25, -0.2) is 0 Å². The first kappa shape index (κ1) is 23.7. The molecule has 0 radical (unpaired) electrons. The summed E-state index contributed by atoms with van der Waals surface area (Å²) in [4.78, 5) is 59.7. The van der Waals surface area contributed by atoms with Crippen molar-refractivity contribution in [3.63, 3.8) is 0 Å². The van der Waals surface area contributed by atoms with Crippen molar-refractivity contribution in [2.45, 2.75) is 70.4 Å². The van der Waals surface area contributed by atoms with E-state index in [2.05, 4.69) is 0 Å². The van der Waals surface area contributed by atoms with Gasteiger partial charge in [-0.15, -0.1) is 0 Å². The Bertz CT molecular complexity index is 480. The Labute approximate surface area is 142 Å². The Morgan fingerprint density at radius 1 is 0.875 bits per heavy atom. The largest absolute Gasteiger partial charge is 0.809 e. The fraction of sp³-hybridized carbons (Fsp3) is 0.923. The van der Waals surface area contributed by atoms with E-state index in [0.717, 1.165) is 4.90 Å². The summed E-state index contributed by atoms with van der Waals surface area (Å²) in [7, 11) is -10.8. The first-order valence-electron chi connectivity index (χ1n) is 7.83. The van der Waals surface area contributed by atoms with E-state index < -0.39 is 44.7 Å². The van der Waals surface area contributed by atoms with Crippen LogP contribution in [0.15, 0.2) is 0 Å². The quantitative estimate of drug-likeness (QED) is 0.466. The SMILES string of the molecule is CCC(CC)(N(CCC(=O)O)C(CC)(CC)P(=O)([O-])[O-])P(=O)([O-])[O-]. The third-order valence-electron chi connectivity index (χ3n) is 4.84. The Hall–Kier alpha value is -0.270. The summed E-state index contributed by atoms with van der Waals surface area (Å²) >= 11 is 0. The third-order valence-corrected chi connectivity index (χ3v) is 8.63. The summed E-state index contributed by atoms with van der Waals surface area (Å²) in [5, 5.41) is 4.63. The lowest BCUT2D eigenvalue weighted by Crippen LogP contribution is -2.64. The summed E-state index contributed by atoms with van der Waals surface area (Å²) in [6, 6.07) is 0. The van der Waals surface area contributed by atoms with Crippen LogP contribution in [0, 0.1) is 0 Å². The molecule has 0 atom stereocenters. The monoisotopic (exact) mass is 385 g/mol. The van der Waals surface area contributed by atoms with Gasteiger partial charge in [0.05, 0.1) is 6.42 Å². The van der Waals surface area contributed by atoms with Crippen LogP contribution in [0.4, 0.5) is 0 Å². The molecular formula is C13H25NO8P2-4. The molecule has 0 spiro atoms. The first-order valence-corrected chi connectivity index (χ1v) is 10.9. The second-order valence-electron chi connectivity index (χ2n) is 5.67. The van der Waals surface area contributed by atoms with Crippen molar-refractivity contribution in [3.8, 4) is 0 Å². The van der Waals surface area contributed by atoms with E-state index in [1.807, 2.05) is 0 Å². The van der Waals surface area contributed by atoms with Crippen molar-refractivity contribution >= 4 is 21.2 Å². The predicted molar refractivity (Wildman–Crippen MR) is 80.8 cm³/mol. The molecule has 0 aromatic heterocycles. The highest BCUT2D eigenvalue weighted by Crippen LogP contribution is 2.60. The van der Waals surface area contributed by atoms with Crippen LogP contribution >= 0.6 is 15.2 Å². The Morgan fingerprint density at radius 2 is 1.17 bits per heavy atom. The normalized spacial score (nSPS) is 14.2. The number of carbonyl (C=O) groups is 1. The smallest absolute Gasteiger partial charge is 0.304 e. The highest BCUT2D eigenvalue weighted by atomic mass is 31.2. The predicted octanol–water partition coefficient (Wildman–Crippen LogP) is -0.377. The van der Waals surface area contributed by atoms with E-state index in [1.54, 1.807) is 0 Å². The van der Waals surface area contributed by atoms with E-state index >= 15 is 0 Å². The Balaban J connectivity index is 6.60. The van der Waals surface area contributed by atoms with Crippen LogP contribution in [-0.4, -0.2) is 33.1 Å². The molecule has 0 aliphatic heterocycles. The molecular weight excluding hydrogens is 360 g/mol. The molecule has 0 unspecified atom stereocenters. The minimum atomic E-state index is -5.38. The zero-order valence-electron chi connectivity index (χ0n) is 14.4. The molecule has 0 aromatic rings. The standard InChI is InChI=1S/C13H29NO8P2/c1-5-12(6-2,23(17,18)19)14(10-9-11(15)16)13(7-3,8-4)24(20,21)22/h5-10H2,1-4H3,(H,15,16)(H2,17,18,19)(H2,20,21,22)/p-4. The van der Waals surface area contributed by atoms with Crippen molar-refractivity contribution in [1.29, 1.82) is 0 Å². The van der Waals surface area contributed by atoms with Crippen molar-refractivity contribution in [3.05, 3.63) is 0 Å². The van der Waals surface area contributed by atoms with Gasteiger partial charge in [-0.2, -0.15) is 0 Å². The van der Waals surface area contributed by atoms with Crippen molar-refractivity contribution in [2.24, 2.45) is 0 Å². The average Bonchev–Trinajstić information content (AvgIpc) is 2.44. The van der Waals surface area contributed by atoms with Crippen molar-refractivity contribution in [1.82, 2.24) is 4.90 Å². The van der Waals surface area contributed by atoms with Gasteiger partial charge in [0.2, 0.25) is 0 Å². The fourth-order valence-electron chi connectivity index (χ4n) is 3.34. The van der Waals surface area contributed by atoms with Crippen LogP contribution in [0.1, 0.15) is 59.8 Å². The van der Waals surface area contributed by atoms with Gasteiger partial charge in [-0.05, 0) is 40.9 Å². The molecule has 0 amide bonds. The maximum absolute atomic E-state index is 12.0. The molecule has 0 aliphatic rings. The van der Waals surface area contributed by atoms with Crippen LogP contribution in [0.5, 0.6) is 0 Å². The molecule has 0 fully saturated rings. The van der Waals surface area contributed by atoms with E-state index in [0.29, 0.717) is 0 Å². The van der Waals surface area contributed by atoms with Gasteiger partial charge in [0, 0.05) is 17.1 Å². The molecule has 144 valence electrons. The lowest BCUT2D eigenvalue weighted by atomic mass is 10.0. The van der Waals surface area contributed by atoms with E-state index in [1.165, 1.54) is 27.7 Å². The molecule has 9 nitrogen and oxygen atoms in total.